The molecule has 2 N–H and O–H groups in total. The minimum absolute atomic E-state index is 0.0108. The minimum Gasteiger partial charge on any atom is -0.310 e. The van der Waals surface area contributed by atoms with Gasteiger partial charge in [-0.2, -0.15) is 0 Å². The molecule has 0 spiro atoms. The number of pyridine rings is 1. The van der Waals surface area contributed by atoms with Crippen LogP contribution < -0.4 is 10.6 Å². The van der Waals surface area contributed by atoms with Gasteiger partial charge in [-0.3, -0.25) is 14.5 Å². The second-order valence-corrected chi connectivity index (χ2v) is 8.07. The van der Waals surface area contributed by atoms with Gasteiger partial charge in [0.15, 0.2) is 16.8 Å². The van der Waals surface area contributed by atoms with E-state index in [-0.39, 0.29) is 24.9 Å². The summed E-state index contributed by atoms with van der Waals surface area (Å²) in [4.78, 5) is 34.1. The molecule has 0 bridgehead atoms. The third kappa shape index (κ3) is 6.12. The Balaban J connectivity index is 1.50. The molecule has 0 aliphatic heterocycles. The highest BCUT2D eigenvalue weighted by Crippen LogP contribution is 2.26. The molecule has 2 heterocycles. The summed E-state index contributed by atoms with van der Waals surface area (Å²) in [6, 6.07) is 6.88. The molecular weight excluding hydrogens is 480 g/mol. The maximum absolute atomic E-state index is 13.4. The quantitative estimate of drug-likeness (QED) is 0.521. The summed E-state index contributed by atoms with van der Waals surface area (Å²) in [6.07, 6.45) is 1.56. The van der Waals surface area contributed by atoms with Gasteiger partial charge in [-0.1, -0.05) is 0 Å². The number of hydrogen-bond donors (Lipinski definition) is 2. The van der Waals surface area contributed by atoms with Crippen LogP contribution in [0.25, 0.3) is 11.3 Å². The third-order valence-corrected chi connectivity index (χ3v) is 5.01. The van der Waals surface area contributed by atoms with Crippen molar-refractivity contribution in [2.75, 3.05) is 30.8 Å². The standard InChI is InChI=1S/C19H16BrF2N5O2S/c1-27(8-17(28)25-16-5-3-12(20)7-23-16)9-18(29)26-19-24-15(10-30-19)11-2-4-13(21)14(22)6-11/h2-7,10H,8-9H2,1H3,(H,23,25,28)(H,24,26,29). The van der Waals surface area contributed by atoms with Crippen molar-refractivity contribution in [2.24, 2.45) is 0 Å². The van der Waals surface area contributed by atoms with E-state index < -0.39 is 11.6 Å². The fraction of sp³-hybridized carbons (Fsp3) is 0.158. The molecule has 3 aromatic rings. The van der Waals surface area contributed by atoms with Gasteiger partial charge in [0.2, 0.25) is 11.8 Å². The summed E-state index contributed by atoms with van der Waals surface area (Å²) >= 11 is 4.42. The van der Waals surface area contributed by atoms with Crippen LogP contribution in [0.1, 0.15) is 0 Å². The van der Waals surface area contributed by atoms with Crippen LogP contribution in [0.2, 0.25) is 0 Å². The predicted octanol–water partition coefficient (Wildman–Crippen LogP) is 3.75. The molecular formula is C19H16BrF2N5O2S. The Morgan fingerprint density at radius 3 is 2.50 bits per heavy atom. The van der Waals surface area contributed by atoms with E-state index in [9.17, 15) is 18.4 Å². The zero-order chi connectivity index (χ0) is 21.7. The summed E-state index contributed by atoms with van der Waals surface area (Å²) in [6.45, 7) is -0.0512. The average molecular weight is 496 g/mol. The number of carbonyl (C=O) groups is 2. The second kappa shape index (κ2) is 9.83. The molecule has 0 saturated carbocycles. The SMILES string of the molecule is CN(CC(=O)Nc1ccc(Br)cn1)CC(=O)Nc1nc(-c2ccc(F)c(F)c2)cs1. The number of likely N-dealkylation sites (N-methyl/N-ethyl adjacent to an activating group) is 1. The van der Waals surface area contributed by atoms with E-state index in [0.29, 0.717) is 22.2 Å². The van der Waals surface area contributed by atoms with E-state index in [1.54, 1.807) is 30.8 Å². The van der Waals surface area contributed by atoms with E-state index in [0.717, 1.165) is 27.9 Å². The first-order valence-electron chi connectivity index (χ1n) is 8.61. The first-order valence-corrected chi connectivity index (χ1v) is 10.3. The smallest absolute Gasteiger partial charge is 0.240 e. The summed E-state index contributed by atoms with van der Waals surface area (Å²) in [5.41, 5.74) is 0.824. The molecule has 11 heteroatoms. The molecule has 3 rings (SSSR count). The van der Waals surface area contributed by atoms with Gasteiger partial charge < -0.3 is 10.6 Å². The van der Waals surface area contributed by atoms with Crippen molar-refractivity contribution in [1.82, 2.24) is 14.9 Å². The van der Waals surface area contributed by atoms with Crippen molar-refractivity contribution >= 4 is 50.0 Å². The number of nitrogens with zero attached hydrogens (tertiary/aromatic N) is 3. The van der Waals surface area contributed by atoms with Crippen molar-refractivity contribution in [3.05, 3.63) is 58.0 Å². The van der Waals surface area contributed by atoms with Crippen LogP contribution in [0.4, 0.5) is 19.7 Å². The molecule has 2 aromatic heterocycles. The maximum Gasteiger partial charge on any atom is 0.240 e. The molecule has 156 valence electrons. The topological polar surface area (TPSA) is 87.2 Å². The Kier molecular flexibility index (Phi) is 7.19. The molecule has 0 fully saturated rings. The number of rotatable bonds is 7. The van der Waals surface area contributed by atoms with Gasteiger partial charge in [-0.05, 0) is 53.3 Å². The number of nitrogens with one attached hydrogen (secondary N) is 2. The van der Waals surface area contributed by atoms with Crippen LogP contribution in [-0.4, -0.2) is 46.8 Å². The molecule has 0 unspecified atom stereocenters. The van der Waals surface area contributed by atoms with Gasteiger partial charge in [-0.15, -0.1) is 11.3 Å². The molecule has 1 aromatic carbocycles. The number of thiazole rings is 1. The minimum atomic E-state index is -0.968. The fourth-order valence-corrected chi connectivity index (χ4v) is 3.43. The normalized spacial score (nSPS) is 10.8. The van der Waals surface area contributed by atoms with Crippen molar-refractivity contribution in [1.29, 1.82) is 0 Å². The van der Waals surface area contributed by atoms with Crippen LogP contribution >= 0.6 is 27.3 Å². The average Bonchev–Trinajstić information content (AvgIpc) is 3.13. The summed E-state index contributed by atoms with van der Waals surface area (Å²) < 4.78 is 27.2. The lowest BCUT2D eigenvalue weighted by molar-refractivity contribution is -0.119. The third-order valence-electron chi connectivity index (χ3n) is 3.79. The lowest BCUT2D eigenvalue weighted by Gasteiger charge is -2.15. The maximum atomic E-state index is 13.4. The highest BCUT2D eigenvalue weighted by Gasteiger charge is 2.14. The van der Waals surface area contributed by atoms with Crippen LogP contribution in [0, 0.1) is 11.6 Å². The van der Waals surface area contributed by atoms with E-state index in [1.165, 1.54) is 11.0 Å². The van der Waals surface area contributed by atoms with Crippen LogP contribution in [0.5, 0.6) is 0 Å². The Labute approximate surface area is 183 Å². The first kappa shape index (κ1) is 21.9. The van der Waals surface area contributed by atoms with Crippen LogP contribution in [-0.2, 0) is 9.59 Å². The largest absolute Gasteiger partial charge is 0.310 e. The van der Waals surface area contributed by atoms with Crippen molar-refractivity contribution in [3.63, 3.8) is 0 Å². The first-order chi connectivity index (χ1) is 14.3. The van der Waals surface area contributed by atoms with E-state index in [2.05, 4.69) is 36.5 Å². The molecule has 2 amide bonds. The van der Waals surface area contributed by atoms with Gasteiger partial charge in [-0.25, -0.2) is 18.7 Å². The predicted molar refractivity (Wildman–Crippen MR) is 114 cm³/mol. The summed E-state index contributed by atoms with van der Waals surface area (Å²) in [5, 5.41) is 7.21. The Hall–Kier alpha value is -2.76. The number of benzene rings is 1. The number of anilines is 2. The fourth-order valence-electron chi connectivity index (χ4n) is 2.46. The van der Waals surface area contributed by atoms with E-state index in [1.807, 2.05) is 0 Å². The molecule has 0 radical (unpaired) electrons. The zero-order valence-electron chi connectivity index (χ0n) is 15.7. The van der Waals surface area contributed by atoms with Crippen LogP contribution in [0.3, 0.4) is 0 Å². The second-order valence-electron chi connectivity index (χ2n) is 6.30. The molecule has 30 heavy (non-hydrogen) atoms. The van der Waals surface area contributed by atoms with Gasteiger partial charge in [0.1, 0.15) is 5.82 Å². The number of amides is 2. The van der Waals surface area contributed by atoms with Gasteiger partial charge in [0.25, 0.3) is 0 Å². The Morgan fingerprint density at radius 2 is 1.83 bits per heavy atom. The summed E-state index contributed by atoms with van der Waals surface area (Å²) in [7, 11) is 1.63. The molecule has 0 aliphatic rings. The zero-order valence-corrected chi connectivity index (χ0v) is 18.1. The Bertz CT molecular complexity index is 1060. The van der Waals surface area contributed by atoms with E-state index >= 15 is 0 Å². The molecule has 0 aliphatic carbocycles. The lowest BCUT2D eigenvalue weighted by atomic mass is 10.2. The number of carbonyl (C=O) groups excluding carboxylic acids is 2. The molecule has 0 saturated heterocycles. The number of aromatic nitrogens is 2. The molecule has 0 atom stereocenters. The Morgan fingerprint density at radius 1 is 1.10 bits per heavy atom. The summed E-state index contributed by atoms with van der Waals surface area (Å²) in [5.74, 6) is -2.17. The van der Waals surface area contributed by atoms with Crippen LogP contribution in [0.15, 0.2) is 46.4 Å². The monoisotopic (exact) mass is 495 g/mol. The number of hydrogen-bond acceptors (Lipinski definition) is 6. The van der Waals surface area contributed by atoms with Gasteiger partial charge in [0.05, 0.1) is 18.8 Å². The van der Waals surface area contributed by atoms with Gasteiger partial charge in [0, 0.05) is 21.6 Å². The highest BCUT2D eigenvalue weighted by molar-refractivity contribution is 9.10. The lowest BCUT2D eigenvalue weighted by Crippen LogP contribution is -2.36. The van der Waals surface area contributed by atoms with E-state index in [4.69, 9.17) is 0 Å². The highest BCUT2D eigenvalue weighted by atomic mass is 79.9. The molecule has 7 nitrogen and oxygen atoms in total. The van der Waals surface area contributed by atoms with Gasteiger partial charge >= 0.3 is 0 Å². The van der Waals surface area contributed by atoms with Crippen molar-refractivity contribution < 1.29 is 18.4 Å². The van der Waals surface area contributed by atoms with Crippen molar-refractivity contribution in [2.45, 2.75) is 0 Å². The number of halogens is 3. The van der Waals surface area contributed by atoms with Crippen molar-refractivity contribution in [3.8, 4) is 11.3 Å².